The molecule has 0 bridgehead atoms. The second kappa shape index (κ2) is 5.67. The lowest BCUT2D eigenvalue weighted by atomic mass is 9.50. The molecule has 1 nitrogen and oxygen atoms in total. The molecule has 0 saturated heterocycles. The Labute approximate surface area is 136 Å². The maximum atomic E-state index is 5.62. The third-order valence-corrected chi connectivity index (χ3v) is 6.64. The van der Waals surface area contributed by atoms with E-state index in [0.29, 0.717) is 16.7 Å². The van der Waals surface area contributed by atoms with Gasteiger partial charge in [-0.3, -0.25) is 0 Å². The van der Waals surface area contributed by atoms with Gasteiger partial charge in [0, 0.05) is 7.11 Å². The highest BCUT2D eigenvalue weighted by Gasteiger charge is 2.51. The molecule has 0 N–H and O–H groups in total. The molecule has 3 atom stereocenters. The van der Waals surface area contributed by atoms with Crippen LogP contribution >= 0.6 is 0 Å². The summed E-state index contributed by atoms with van der Waals surface area (Å²) in [5, 5.41) is 0. The summed E-state index contributed by atoms with van der Waals surface area (Å²) < 4.78 is 5.62. The minimum Gasteiger partial charge on any atom is -0.384 e. The summed E-state index contributed by atoms with van der Waals surface area (Å²) in [6.45, 7) is 10.5. The molecule has 122 valence electrons. The van der Waals surface area contributed by atoms with Crippen LogP contribution in [0.5, 0.6) is 0 Å². The van der Waals surface area contributed by atoms with Gasteiger partial charge in [0.1, 0.15) is 0 Å². The van der Waals surface area contributed by atoms with Gasteiger partial charge in [-0.25, -0.2) is 0 Å². The van der Waals surface area contributed by atoms with Crippen LogP contribution in [-0.4, -0.2) is 13.7 Å². The van der Waals surface area contributed by atoms with E-state index in [1.165, 1.54) is 37.7 Å². The number of hydrogen-bond donors (Lipinski definition) is 0. The molecule has 1 saturated carbocycles. The van der Waals surface area contributed by atoms with Gasteiger partial charge in [0.25, 0.3) is 0 Å². The Kier molecular flexibility index (Phi) is 4.14. The Morgan fingerprint density at radius 1 is 1.23 bits per heavy atom. The Hall–Kier alpha value is -0.820. The minimum atomic E-state index is 0.342. The lowest BCUT2D eigenvalue weighted by molar-refractivity contribution is -0.0324. The molecule has 0 amide bonds. The van der Waals surface area contributed by atoms with Crippen LogP contribution in [-0.2, 0) is 16.6 Å². The van der Waals surface area contributed by atoms with E-state index in [9.17, 15) is 0 Å². The Morgan fingerprint density at radius 3 is 2.68 bits per heavy atom. The van der Waals surface area contributed by atoms with Crippen molar-refractivity contribution in [1.82, 2.24) is 0 Å². The van der Waals surface area contributed by atoms with Crippen molar-refractivity contribution in [1.29, 1.82) is 0 Å². The monoisotopic (exact) mass is 300 g/mol. The standard InChI is InChI=1S/C21H32O/c1-15(2)16-7-9-18-17(13-16)8-10-19-20(3,14-22-5)11-6-12-21(18,19)4/h7,9,13,15,19H,6,8,10-12,14H2,1-5H3/t19-,20-,21+/m0/s1. The number of methoxy groups -OCH3 is 1. The summed E-state index contributed by atoms with van der Waals surface area (Å²) >= 11 is 0. The average Bonchev–Trinajstić information content (AvgIpc) is 2.46. The van der Waals surface area contributed by atoms with Crippen molar-refractivity contribution in [2.75, 3.05) is 13.7 Å². The van der Waals surface area contributed by atoms with Crippen LogP contribution in [0.1, 0.15) is 76.0 Å². The highest BCUT2D eigenvalue weighted by Crippen LogP contribution is 2.57. The Bertz CT molecular complexity index is 543. The van der Waals surface area contributed by atoms with Gasteiger partial charge >= 0.3 is 0 Å². The molecule has 1 fully saturated rings. The van der Waals surface area contributed by atoms with E-state index in [0.717, 1.165) is 12.5 Å². The number of aryl methyl sites for hydroxylation is 1. The average molecular weight is 300 g/mol. The molecule has 0 unspecified atom stereocenters. The highest BCUT2D eigenvalue weighted by molar-refractivity contribution is 5.42. The van der Waals surface area contributed by atoms with E-state index in [-0.39, 0.29) is 0 Å². The van der Waals surface area contributed by atoms with Crippen LogP contribution in [0.25, 0.3) is 0 Å². The van der Waals surface area contributed by atoms with E-state index in [2.05, 4.69) is 45.9 Å². The Balaban J connectivity index is 2.02. The topological polar surface area (TPSA) is 9.23 Å². The molecule has 1 heteroatoms. The van der Waals surface area contributed by atoms with Crippen molar-refractivity contribution in [3.8, 4) is 0 Å². The fourth-order valence-electron chi connectivity index (χ4n) is 5.51. The molecular formula is C21H32O. The maximum absolute atomic E-state index is 5.62. The molecule has 2 aliphatic rings. The molecule has 1 aromatic carbocycles. The second-order valence-corrected chi connectivity index (χ2v) is 8.52. The van der Waals surface area contributed by atoms with Crippen molar-refractivity contribution in [2.45, 2.75) is 71.1 Å². The third kappa shape index (κ3) is 2.42. The summed E-state index contributed by atoms with van der Waals surface area (Å²) in [5.41, 5.74) is 5.43. The zero-order valence-electron chi connectivity index (χ0n) is 15.0. The van der Waals surface area contributed by atoms with Crippen molar-refractivity contribution in [3.63, 3.8) is 0 Å². The summed E-state index contributed by atoms with van der Waals surface area (Å²) in [4.78, 5) is 0. The van der Waals surface area contributed by atoms with Gasteiger partial charge in [-0.2, -0.15) is 0 Å². The predicted molar refractivity (Wildman–Crippen MR) is 93.5 cm³/mol. The molecule has 0 heterocycles. The zero-order valence-corrected chi connectivity index (χ0v) is 15.0. The van der Waals surface area contributed by atoms with E-state index in [1.54, 1.807) is 11.1 Å². The molecule has 22 heavy (non-hydrogen) atoms. The smallest absolute Gasteiger partial charge is 0.0518 e. The van der Waals surface area contributed by atoms with Crippen molar-refractivity contribution >= 4 is 0 Å². The summed E-state index contributed by atoms with van der Waals surface area (Å²) in [6.07, 6.45) is 6.56. The van der Waals surface area contributed by atoms with Gasteiger partial charge in [0.2, 0.25) is 0 Å². The minimum absolute atomic E-state index is 0.342. The summed E-state index contributed by atoms with van der Waals surface area (Å²) in [6, 6.07) is 7.32. The van der Waals surface area contributed by atoms with E-state index in [1.807, 2.05) is 7.11 Å². The predicted octanol–water partition coefficient (Wildman–Crippen LogP) is 5.47. The lowest BCUT2D eigenvalue weighted by Gasteiger charge is -2.55. The first kappa shape index (κ1) is 16.1. The largest absolute Gasteiger partial charge is 0.384 e. The van der Waals surface area contributed by atoms with Crippen LogP contribution in [0.3, 0.4) is 0 Å². The molecule has 0 aliphatic heterocycles. The third-order valence-electron chi connectivity index (χ3n) is 6.64. The molecule has 1 aromatic rings. The molecule has 2 aliphatic carbocycles. The molecule has 0 radical (unpaired) electrons. The van der Waals surface area contributed by atoms with Crippen LogP contribution < -0.4 is 0 Å². The fourth-order valence-corrected chi connectivity index (χ4v) is 5.51. The van der Waals surface area contributed by atoms with Gasteiger partial charge in [-0.1, -0.05) is 52.3 Å². The van der Waals surface area contributed by atoms with Crippen LogP contribution in [0, 0.1) is 11.3 Å². The molecule has 0 aromatic heterocycles. The number of ether oxygens (including phenoxy) is 1. The maximum Gasteiger partial charge on any atom is 0.0518 e. The van der Waals surface area contributed by atoms with Crippen LogP contribution in [0.15, 0.2) is 18.2 Å². The SMILES string of the molecule is COC[C@]1(C)CCC[C@]2(C)c3ccc(C(C)C)cc3CC[C@@H]12. The molecular weight excluding hydrogens is 268 g/mol. The van der Waals surface area contributed by atoms with Gasteiger partial charge < -0.3 is 4.74 Å². The highest BCUT2D eigenvalue weighted by atomic mass is 16.5. The lowest BCUT2D eigenvalue weighted by Crippen LogP contribution is -2.50. The normalized spacial score (nSPS) is 34.4. The van der Waals surface area contributed by atoms with Crippen molar-refractivity contribution < 1.29 is 4.74 Å². The van der Waals surface area contributed by atoms with Gasteiger partial charge in [-0.15, -0.1) is 0 Å². The number of rotatable bonds is 3. The first-order valence-electron chi connectivity index (χ1n) is 9.03. The van der Waals surface area contributed by atoms with E-state index in [4.69, 9.17) is 4.74 Å². The molecule has 0 spiro atoms. The molecule has 3 rings (SSSR count). The summed E-state index contributed by atoms with van der Waals surface area (Å²) in [7, 11) is 1.86. The van der Waals surface area contributed by atoms with E-state index < -0.39 is 0 Å². The number of hydrogen-bond acceptors (Lipinski definition) is 1. The second-order valence-electron chi connectivity index (χ2n) is 8.52. The van der Waals surface area contributed by atoms with Gasteiger partial charge in [0.15, 0.2) is 0 Å². The Morgan fingerprint density at radius 2 is 2.00 bits per heavy atom. The number of fused-ring (bicyclic) bond motifs is 3. The summed E-state index contributed by atoms with van der Waals surface area (Å²) in [5.74, 6) is 1.38. The van der Waals surface area contributed by atoms with Crippen molar-refractivity contribution in [2.24, 2.45) is 11.3 Å². The first-order valence-corrected chi connectivity index (χ1v) is 9.03. The van der Waals surface area contributed by atoms with Crippen LogP contribution in [0.4, 0.5) is 0 Å². The van der Waals surface area contributed by atoms with Gasteiger partial charge in [0.05, 0.1) is 6.61 Å². The van der Waals surface area contributed by atoms with Crippen molar-refractivity contribution in [3.05, 3.63) is 34.9 Å². The number of benzene rings is 1. The quantitative estimate of drug-likeness (QED) is 0.719. The van der Waals surface area contributed by atoms with Gasteiger partial charge in [-0.05, 0) is 65.0 Å². The van der Waals surface area contributed by atoms with Crippen LogP contribution in [0.2, 0.25) is 0 Å². The fraction of sp³-hybridized carbons (Fsp3) is 0.714. The zero-order chi connectivity index (χ0) is 16.0. The van der Waals surface area contributed by atoms with E-state index >= 15 is 0 Å². The first-order chi connectivity index (χ1) is 10.4.